The molecule has 2 N–H and O–H groups in total. The van der Waals surface area contributed by atoms with E-state index in [1.807, 2.05) is 22.6 Å². The molecule has 0 aliphatic heterocycles. The molecule has 6 heteroatoms. The van der Waals surface area contributed by atoms with Gasteiger partial charge in [-0.05, 0) is 29.0 Å². The minimum atomic E-state index is -0.130. The van der Waals surface area contributed by atoms with Gasteiger partial charge in [-0.1, -0.05) is 13.3 Å². The molecule has 0 spiro atoms. The van der Waals surface area contributed by atoms with Crippen LogP contribution in [0.2, 0.25) is 0 Å². The Morgan fingerprint density at radius 3 is 3.13 bits per heavy atom. The lowest BCUT2D eigenvalue weighted by atomic mass is 10.2. The Hall–Kier alpha value is -0.300. The summed E-state index contributed by atoms with van der Waals surface area (Å²) in [6.45, 7) is 2.71. The highest BCUT2D eigenvalue weighted by atomic mass is 127. The van der Waals surface area contributed by atoms with Gasteiger partial charge >= 0.3 is 0 Å². The Bertz CT molecular complexity index is 369. The van der Waals surface area contributed by atoms with Crippen LogP contribution >= 0.6 is 34.2 Å². The highest BCUT2D eigenvalue weighted by Crippen LogP contribution is 2.11. The van der Waals surface area contributed by atoms with Gasteiger partial charge in [0.25, 0.3) is 5.56 Å². The average molecular weight is 342 g/mol. The molecule has 0 fully saturated rings. The average Bonchev–Trinajstić information content (AvgIpc) is 2.21. The maximum Gasteiger partial charge on any atom is 0.266 e. The summed E-state index contributed by atoms with van der Waals surface area (Å²) in [6.07, 6.45) is 3.39. The molecule has 1 rings (SSSR count). The fraction of sp³-hybridized carbons (Fsp3) is 0.556. The van der Waals surface area contributed by atoms with Crippen molar-refractivity contribution in [2.24, 2.45) is 0 Å². The summed E-state index contributed by atoms with van der Waals surface area (Å²) in [5, 5.41) is 3.14. The Morgan fingerprint density at radius 1 is 1.73 bits per heavy atom. The molecule has 1 atom stereocenters. The summed E-state index contributed by atoms with van der Waals surface area (Å²) in [6, 6.07) is 0. The lowest BCUT2D eigenvalue weighted by Crippen LogP contribution is -2.19. The minimum Gasteiger partial charge on any atom is -0.367 e. The maximum absolute atomic E-state index is 11.2. The van der Waals surface area contributed by atoms with E-state index in [1.54, 1.807) is 0 Å². The molecule has 0 amide bonds. The molecule has 1 aromatic heterocycles. The highest BCUT2D eigenvalue weighted by Gasteiger charge is 2.07. The van der Waals surface area contributed by atoms with Crippen LogP contribution in [0.4, 0.5) is 5.82 Å². The molecular formula is C9H13ClIN3O. The number of H-pyrrole nitrogens is 1. The van der Waals surface area contributed by atoms with Crippen molar-refractivity contribution in [3.8, 4) is 0 Å². The van der Waals surface area contributed by atoms with Crippen LogP contribution in [-0.2, 0) is 0 Å². The second kappa shape index (κ2) is 6.32. The van der Waals surface area contributed by atoms with Crippen LogP contribution in [0.5, 0.6) is 0 Å². The standard InChI is InChI=1S/C9H13ClIN3O/c1-2-3-6(10)4-12-8-7(11)9(15)14-5-13-8/h5-6H,2-4H2,1H3,(H2,12,13,14,15). The molecule has 15 heavy (non-hydrogen) atoms. The van der Waals surface area contributed by atoms with Crippen LogP contribution < -0.4 is 10.9 Å². The molecule has 0 aliphatic carbocycles. The first-order valence-corrected chi connectivity index (χ1v) is 6.27. The van der Waals surface area contributed by atoms with E-state index >= 15 is 0 Å². The van der Waals surface area contributed by atoms with Crippen LogP contribution in [-0.4, -0.2) is 21.9 Å². The van der Waals surface area contributed by atoms with Crippen LogP contribution in [0.3, 0.4) is 0 Å². The first-order valence-electron chi connectivity index (χ1n) is 4.76. The molecule has 0 aromatic carbocycles. The fourth-order valence-corrected chi connectivity index (χ4v) is 1.91. The van der Waals surface area contributed by atoms with E-state index in [0.29, 0.717) is 15.9 Å². The Balaban J connectivity index is 2.58. The third-order valence-electron chi connectivity index (χ3n) is 1.89. The summed E-state index contributed by atoms with van der Waals surface area (Å²) in [4.78, 5) is 17.8. The van der Waals surface area contributed by atoms with Crippen molar-refractivity contribution < 1.29 is 0 Å². The normalized spacial score (nSPS) is 12.5. The van der Waals surface area contributed by atoms with Crippen molar-refractivity contribution in [3.05, 3.63) is 20.3 Å². The number of hydrogen-bond acceptors (Lipinski definition) is 3. The van der Waals surface area contributed by atoms with Gasteiger partial charge in [0.1, 0.15) is 9.39 Å². The molecule has 0 saturated heterocycles. The zero-order valence-corrected chi connectivity index (χ0v) is 11.3. The van der Waals surface area contributed by atoms with Gasteiger partial charge in [-0.2, -0.15) is 0 Å². The van der Waals surface area contributed by atoms with E-state index in [0.717, 1.165) is 12.8 Å². The van der Waals surface area contributed by atoms with Gasteiger partial charge in [-0.15, -0.1) is 11.6 Å². The van der Waals surface area contributed by atoms with Gasteiger partial charge in [0.05, 0.1) is 11.7 Å². The van der Waals surface area contributed by atoms with Gasteiger partial charge in [0.15, 0.2) is 0 Å². The number of anilines is 1. The van der Waals surface area contributed by atoms with Crippen LogP contribution in [0.15, 0.2) is 11.1 Å². The number of nitrogens with zero attached hydrogens (tertiary/aromatic N) is 1. The minimum absolute atomic E-state index is 0.0758. The third kappa shape index (κ3) is 3.98. The van der Waals surface area contributed by atoms with Crippen LogP contribution in [0.25, 0.3) is 0 Å². The van der Waals surface area contributed by atoms with Crippen LogP contribution in [0, 0.1) is 3.57 Å². The lowest BCUT2D eigenvalue weighted by Gasteiger charge is -2.10. The van der Waals surface area contributed by atoms with Crippen molar-refractivity contribution in [1.82, 2.24) is 9.97 Å². The van der Waals surface area contributed by atoms with Gasteiger partial charge in [0, 0.05) is 6.54 Å². The predicted molar refractivity (Wildman–Crippen MR) is 70.6 cm³/mol. The number of alkyl halides is 1. The molecule has 84 valence electrons. The number of aromatic nitrogens is 2. The summed E-state index contributed by atoms with van der Waals surface area (Å²) in [5.41, 5.74) is -0.130. The van der Waals surface area contributed by atoms with E-state index < -0.39 is 0 Å². The quantitative estimate of drug-likeness (QED) is 0.637. The Kier molecular flexibility index (Phi) is 5.38. The summed E-state index contributed by atoms with van der Waals surface area (Å²) in [5.74, 6) is 0.598. The number of aromatic amines is 1. The largest absolute Gasteiger partial charge is 0.367 e. The van der Waals surface area contributed by atoms with E-state index in [1.165, 1.54) is 6.33 Å². The molecule has 0 saturated carbocycles. The van der Waals surface area contributed by atoms with Crippen LogP contribution in [0.1, 0.15) is 19.8 Å². The first-order chi connectivity index (χ1) is 7.15. The fourth-order valence-electron chi connectivity index (χ4n) is 1.13. The van der Waals surface area contributed by atoms with Gasteiger partial charge in [0.2, 0.25) is 0 Å². The third-order valence-corrected chi connectivity index (χ3v) is 3.26. The molecule has 0 radical (unpaired) electrons. The lowest BCUT2D eigenvalue weighted by molar-refractivity contribution is 0.750. The summed E-state index contributed by atoms with van der Waals surface area (Å²) < 4.78 is 0.565. The first kappa shape index (κ1) is 12.8. The van der Waals surface area contributed by atoms with Gasteiger partial charge in [-0.25, -0.2) is 4.98 Å². The summed E-state index contributed by atoms with van der Waals surface area (Å²) >= 11 is 8.01. The van der Waals surface area contributed by atoms with Crippen molar-refractivity contribution in [2.45, 2.75) is 25.1 Å². The number of hydrogen-bond donors (Lipinski definition) is 2. The van der Waals surface area contributed by atoms with E-state index in [2.05, 4.69) is 22.2 Å². The van der Waals surface area contributed by atoms with Gasteiger partial charge < -0.3 is 10.3 Å². The Morgan fingerprint density at radius 2 is 2.47 bits per heavy atom. The number of nitrogens with one attached hydrogen (secondary N) is 2. The molecule has 1 aromatic rings. The van der Waals surface area contributed by atoms with E-state index in [4.69, 9.17) is 11.6 Å². The topological polar surface area (TPSA) is 57.8 Å². The highest BCUT2D eigenvalue weighted by molar-refractivity contribution is 14.1. The number of rotatable bonds is 5. The zero-order valence-electron chi connectivity index (χ0n) is 8.39. The monoisotopic (exact) mass is 341 g/mol. The SMILES string of the molecule is CCCC(Cl)CNc1nc[nH]c(=O)c1I. The Labute approximate surface area is 107 Å². The molecular weight excluding hydrogens is 328 g/mol. The predicted octanol–water partition coefficient (Wildman–Crippen LogP) is 2.19. The van der Waals surface area contributed by atoms with Crippen molar-refractivity contribution >= 4 is 40.0 Å². The summed E-state index contributed by atoms with van der Waals surface area (Å²) in [7, 11) is 0. The number of halogens is 2. The second-order valence-corrected chi connectivity index (χ2v) is 4.86. The molecule has 1 unspecified atom stereocenters. The zero-order chi connectivity index (χ0) is 11.3. The maximum atomic E-state index is 11.2. The van der Waals surface area contributed by atoms with Crippen molar-refractivity contribution in [2.75, 3.05) is 11.9 Å². The smallest absolute Gasteiger partial charge is 0.266 e. The molecule has 0 bridgehead atoms. The van der Waals surface area contributed by atoms with E-state index in [-0.39, 0.29) is 10.9 Å². The van der Waals surface area contributed by atoms with Gasteiger partial charge in [-0.3, -0.25) is 4.79 Å². The molecule has 0 aliphatic rings. The van der Waals surface area contributed by atoms with Crippen molar-refractivity contribution in [1.29, 1.82) is 0 Å². The van der Waals surface area contributed by atoms with Crippen molar-refractivity contribution in [3.63, 3.8) is 0 Å². The van der Waals surface area contributed by atoms with E-state index in [9.17, 15) is 4.79 Å². The molecule has 1 heterocycles. The second-order valence-electron chi connectivity index (χ2n) is 3.16. The molecule has 4 nitrogen and oxygen atoms in total.